The van der Waals surface area contributed by atoms with Gasteiger partial charge in [0.25, 0.3) is 0 Å². The van der Waals surface area contributed by atoms with Gasteiger partial charge in [-0.05, 0) is 54.9 Å². The Hall–Kier alpha value is -2.95. The van der Waals surface area contributed by atoms with Crippen molar-refractivity contribution < 1.29 is 9.18 Å². The second-order valence-corrected chi connectivity index (χ2v) is 8.66. The van der Waals surface area contributed by atoms with Crippen molar-refractivity contribution in [1.29, 1.82) is 0 Å². The molecule has 1 saturated carbocycles. The van der Waals surface area contributed by atoms with Crippen LogP contribution in [0.3, 0.4) is 0 Å². The van der Waals surface area contributed by atoms with E-state index in [1.54, 1.807) is 13.0 Å². The summed E-state index contributed by atoms with van der Waals surface area (Å²) >= 11 is 0. The molecule has 1 aromatic heterocycles. The van der Waals surface area contributed by atoms with Gasteiger partial charge in [-0.25, -0.2) is 9.37 Å². The number of hydrogen-bond donors (Lipinski definition) is 0. The van der Waals surface area contributed by atoms with Crippen LogP contribution in [0.4, 0.5) is 4.39 Å². The van der Waals surface area contributed by atoms with E-state index in [9.17, 15) is 9.18 Å². The summed E-state index contributed by atoms with van der Waals surface area (Å²) in [6, 6.07) is 13.5. The summed E-state index contributed by atoms with van der Waals surface area (Å²) in [6.45, 7) is 4.37. The van der Waals surface area contributed by atoms with Crippen LogP contribution in [0.15, 0.2) is 54.9 Å². The topological polar surface area (TPSA) is 38.1 Å². The molecule has 0 spiro atoms. The van der Waals surface area contributed by atoms with Gasteiger partial charge in [-0.15, -0.1) is 0 Å². The molecule has 1 unspecified atom stereocenters. The van der Waals surface area contributed by atoms with Crippen LogP contribution in [0.2, 0.25) is 0 Å². The number of aryl methyl sites for hydroxylation is 1. The van der Waals surface area contributed by atoms with Crippen molar-refractivity contribution in [1.82, 2.24) is 14.5 Å². The molecule has 0 radical (unpaired) electrons. The Morgan fingerprint density at radius 1 is 1.07 bits per heavy atom. The first-order valence-electron chi connectivity index (χ1n) is 10.8. The second-order valence-electron chi connectivity index (χ2n) is 8.66. The number of imidazole rings is 1. The van der Waals surface area contributed by atoms with Gasteiger partial charge in [-0.2, -0.15) is 0 Å². The van der Waals surface area contributed by atoms with Crippen molar-refractivity contribution in [3.63, 3.8) is 0 Å². The maximum absolute atomic E-state index is 13.9. The van der Waals surface area contributed by atoms with Crippen LogP contribution in [0.1, 0.15) is 24.8 Å². The number of nitrogens with zero attached hydrogens (tertiary/aromatic N) is 3. The molecule has 2 aromatic carbocycles. The predicted molar refractivity (Wildman–Crippen MR) is 115 cm³/mol. The van der Waals surface area contributed by atoms with E-state index >= 15 is 0 Å². The Morgan fingerprint density at radius 2 is 1.80 bits per heavy atom. The fourth-order valence-electron chi connectivity index (χ4n) is 4.35. The highest BCUT2D eigenvalue weighted by atomic mass is 19.1. The van der Waals surface area contributed by atoms with Crippen molar-refractivity contribution in [2.24, 2.45) is 11.8 Å². The van der Waals surface area contributed by atoms with Gasteiger partial charge in [0.05, 0.1) is 0 Å². The van der Waals surface area contributed by atoms with Crippen molar-refractivity contribution in [2.45, 2.75) is 32.7 Å². The van der Waals surface area contributed by atoms with Gasteiger partial charge in [-0.1, -0.05) is 36.4 Å². The molecule has 1 aliphatic carbocycles. The average Bonchev–Trinajstić information content (AvgIpc) is 3.33. The van der Waals surface area contributed by atoms with Gasteiger partial charge in [0.15, 0.2) is 0 Å². The quantitative estimate of drug-likeness (QED) is 0.606. The minimum atomic E-state index is -0.183. The van der Waals surface area contributed by atoms with Crippen LogP contribution < -0.4 is 0 Å². The lowest BCUT2D eigenvalue weighted by molar-refractivity contribution is -0.131. The minimum absolute atomic E-state index is 0.183. The zero-order chi connectivity index (χ0) is 20.7. The fraction of sp³-hybridized carbons (Fsp3) is 0.360. The first kappa shape index (κ1) is 19.0. The third-order valence-corrected chi connectivity index (χ3v) is 6.34. The largest absolute Gasteiger partial charge is 0.342 e. The lowest BCUT2D eigenvalue weighted by atomic mass is 10.0. The number of likely N-dealkylation sites (tertiary alicyclic amines) is 1. The molecular weight excluding hydrogens is 377 g/mol. The number of rotatable bonds is 5. The molecule has 1 amide bonds. The van der Waals surface area contributed by atoms with E-state index in [0.29, 0.717) is 23.3 Å². The highest BCUT2D eigenvalue weighted by Crippen LogP contribution is 2.33. The summed E-state index contributed by atoms with van der Waals surface area (Å²) in [4.78, 5) is 18.9. The first-order chi connectivity index (χ1) is 14.6. The molecule has 1 atom stereocenters. The number of carbonyl (C=O) groups is 1. The van der Waals surface area contributed by atoms with Gasteiger partial charge in [0.1, 0.15) is 11.6 Å². The van der Waals surface area contributed by atoms with Crippen molar-refractivity contribution in [2.75, 3.05) is 13.1 Å². The summed E-state index contributed by atoms with van der Waals surface area (Å²) in [5, 5.41) is 0. The molecular formula is C25H26FN3O. The number of halogens is 1. The zero-order valence-corrected chi connectivity index (χ0v) is 17.2. The summed E-state index contributed by atoms with van der Waals surface area (Å²) in [5.74, 6) is 1.87. The van der Waals surface area contributed by atoms with Gasteiger partial charge in [0, 0.05) is 43.5 Å². The molecule has 2 fully saturated rings. The van der Waals surface area contributed by atoms with E-state index in [1.165, 1.54) is 0 Å². The maximum Gasteiger partial charge on any atom is 0.225 e. The Labute approximate surface area is 176 Å². The maximum atomic E-state index is 13.9. The van der Waals surface area contributed by atoms with Crippen molar-refractivity contribution in [3.05, 3.63) is 66.2 Å². The summed E-state index contributed by atoms with van der Waals surface area (Å²) in [7, 11) is 0. The number of aromatic nitrogens is 2. The number of carbonyl (C=O) groups excluding carboxylic acids is 1. The second kappa shape index (κ2) is 7.71. The first-order valence-corrected chi connectivity index (χ1v) is 10.8. The molecule has 0 N–H and O–H groups in total. The van der Waals surface area contributed by atoms with Gasteiger partial charge in [-0.3, -0.25) is 4.79 Å². The monoisotopic (exact) mass is 403 g/mol. The zero-order valence-electron chi connectivity index (χ0n) is 17.2. The Morgan fingerprint density at radius 3 is 2.53 bits per heavy atom. The minimum Gasteiger partial charge on any atom is -0.342 e. The number of benzene rings is 2. The van der Waals surface area contributed by atoms with Crippen molar-refractivity contribution >= 4 is 5.91 Å². The van der Waals surface area contributed by atoms with Crippen LogP contribution in [-0.2, 0) is 11.3 Å². The molecule has 30 heavy (non-hydrogen) atoms. The summed E-state index contributed by atoms with van der Waals surface area (Å²) < 4.78 is 16.1. The number of hydrogen-bond acceptors (Lipinski definition) is 2. The molecule has 1 saturated heterocycles. The Kier molecular flexibility index (Phi) is 4.89. The highest BCUT2D eigenvalue weighted by Gasteiger charge is 2.36. The van der Waals surface area contributed by atoms with Crippen LogP contribution >= 0.6 is 0 Å². The lowest BCUT2D eigenvalue weighted by Crippen LogP contribution is -2.30. The Balaban J connectivity index is 1.29. The number of amides is 1. The normalized spacial score (nSPS) is 18.7. The molecule has 154 valence electrons. The molecule has 3 aromatic rings. The molecule has 2 heterocycles. The molecule has 1 aliphatic heterocycles. The highest BCUT2D eigenvalue weighted by molar-refractivity contribution is 5.81. The third-order valence-electron chi connectivity index (χ3n) is 6.34. The van der Waals surface area contributed by atoms with E-state index in [-0.39, 0.29) is 5.82 Å². The smallest absolute Gasteiger partial charge is 0.225 e. The van der Waals surface area contributed by atoms with E-state index in [2.05, 4.69) is 14.5 Å². The average molecular weight is 404 g/mol. The third kappa shape index (κ3) is 3.76. The fourth-order valence-corrected chi connectivity index (χ4v) is 4.35. The molecule has 5 heteroatoms. The van der Waals surface area contributed by atoms with Crippen LogP contribution in [-0.4, -0.2) is 33.4 Å². The lowest BCUT2D eigenvalue weighted by Gasteiger charge is -2.17. The summed E-state index contributed by atoms with van der Waals surface area (Å²) in [6.07, 6.45) is 7.03. The molecule has 5 rings (SSSR count). The van der Waals surface area contributed by atoms with Crippen molar-refractivity contribution in [3.8, 4) is 22.5 Å². The van der Waals surface area contributed by atoms with E-state index < -0.39 is 0 Å². The van der Waals surface area contributed by atoms with Crippen LogP contribution in [0, 0.1) is 24.6 Å². The Bertz CT molecular complexity index is 1070. The van der Waals surface area contributed by atoms with Gasteiger partial charge < -0.3 is 9.47 Å². The molecule has 4 nitrogen and oxygen atoms in total. The van der Waals surface area contributed by atoms with Crippen LogP contribution in [0.5, 0.6) is 0 Å². The van der Waals surface area contributed by atoms with E-state index in [4.69, 9.17) is 0 Å². The van der Waals surface area contributed by atoms with E-state index in [0.717, 1.165) is 61.4 Å². The van der Waals surface area contributed by atoms with Gasteiger partial charge >= 0.3 is 0 Å². The predicted octanol–water partition coefficient (Wildman–Crippen LogP) is 4.92. The van der Waals surface area contributed by atoms with E-state index in [1.807, 2.05) is 48.8 Å². The molecule has 2 aliphatic rings. The van der Waals surface area contributed by atoms with Gasteiger partial charge in [0.2, 0.25) is 5.91 Å². The standard InChI is InChI=1S/C25H26FN3O/c1-17-2-3-22(14-23(17)26)19-4-6-20(7-5-19)24-27-11-13-28(24)15-18-10-12-29(16-18)25(30)21-8-9-21/h2-7,11,13-14,18,21H,8-10,12,15-16H2,1H3. The summed E-state index contributed by atoms with van der Waals surface area (Å²) in [5.41, 5.74) is 3.56. The van der Waals surface area contributed by atoms with Crippen LogP contribution in [0.25, 0.3) is 22.5 Å². The SMILES string of the molecule is Cc1ccc(-c2ccc(-c3nccn3CC3CCN(C(=O)C4CC4)C3)cc2)cc1F. The molecule has 0 bridgehead atoms.